The van der Waals surface area contributed by atoms with Gasteiger partial charge in [-0.25, -0.2) is 0 Å². The molecule has 6 heteroatoms. The Morgan fingerprint density at radius 2 is 1.83 bits per heavy atom. The highest BCUT2D eigenvalue weighted by Gasteiger charge is 2.08. The molecule has 0 bridgehead atoms. The number of nitrogens with zero attached hydrogens (tertiary/aromatic N) is 1. The van der Waals surface area contributed by atoms with Crippen molar-refractivity contribution in [1.82, 2.24) is 5.32 Å². The van der Waals surface area contributed by atoms with Crippen molar-refractivity contribution in [2.45, 2.75) is 6.42 Å². The highest BCUT2D eigenvalue weighted by atomic mass is 35.5. The molecule has 5 nitrogen and oxygen atoms in total. The Labute approximate surface area is 145 Å². The third-order valence-corrected chi connectivity index (χ3v) is 3.48. The number of halogens is 1. The van der Waals surface area contributed by atoms with Crippen molar-refractivity contribution in [3.63, 3.8) is 0 Å². The zero-order chi connectivity index (χ0) is 17.4. The number of carbonyl (C=O) groups excluding carboxylic acids is 1. The lowest BCUT2D eigenvalue weighted by Gasteiger charge is -2.06. The topological polar surface area (TPSA) is 85.2 Å². The molecular formula is C18H16ClN3O2. The summed E-state index contributed by atoms with van der Waals surface area (Å²) in [5.41, 5.74) is 1.69. The molecule has 0 aliphatic carbocycles. The van der Waals surface area contributed by atoms with Gasteiger partial charge in [0.15, 0.2) is 0 Å². The van der Waals surface area contributed by atoms with E-state index in [0.29, 0.717) is 18.0 Å². The van der Waals surface area contributed by atoms with Gasteiger partial charge in [0, 0.05) is 23.5 Å². The van der Waals surface area contributed by atoms with Crippen LogP contribution in [0.15, 0.2) is 60.3 Å². The molecule has 0 aromatic heterocycles. The first-order valence-electron chi connectivity index (χ1n) is 7.27. The van der Waals surface area contributed by atoms with Gasteiger partial charge in [0.1, 0.15) is 17.4 Å². The third kappa shape index (κ3) is 5.34. The lowest BCUT2D eigenvalue weighted by molar-refractivity contribution is -0.117. The Balaban J connectivity index is 1.86. The molecule has 2 rings (SSSR count). The fourth-order valence-corrected chi connectivity index (χ4v) is 2.05. The van der Waals surface area contributed by atoms with E-state index in [0.717, 1.165) is 11.3 Å². The Morgan fingerprint density at radius 1 is 1.17 bits per heavy atom. The number of phenolic OH excluding ortho intramolecular Hbond substituents is 1. The number of nitriles is 1. The SMILES string of the molecule is N#C/C(=C/Nc1ccc(Cl)cc1)C(=O)NCCc1ccc(O)cc1. The number of phenols is 1. The van der Waals surface area contributed by atoms with E-state index in [1.807, 2.05) is 6.07 Å². The molecule has 0 aliphatic heterocycles. The summed E-state index contributed by atoms with van der Waals surface area (Å²) in [5, 5.41) is 24.5. The smallest absolute Gasteiger partial charge is 0.263 e. The molecule has 0 unspecified atom stereocenters. The minimum absolute atomic E-state index is 0.0179. The standard InChI is InChI=1S/C18H16ClN3O2/c19-15-3-5-16(6-4-15)22-12-14(11-20)18(24)21-10-9-13-1-7-17(23)8-2-13/h1-8,12,22-23H,9-10H2,(H,21,24)/b14-12-. The van der Waals surface area contributed by atoms with Gasteiger partial charge < -0.3 is 15.7 Å². The van der Waals surface area contributed by atoms with Gasteiger partial charge in [0.2, 0.25) is 0 Å². The van der Waals surface area contributed by atoms with Crippen molar-refractivity contribution in [2.75, 3.05) is 11.9 Å². The van der Waals surface area contributed by atoms with E-state index < -0.39 is 5.91 Å². The molecule has 2 aromatic carbocycles. The molecule has 0 saturated heterocycles. The van der Waals surface area contributed by atoms with Crippen LogP contribution < -0.4 is 10.6 Å². The lowest BCUT2D eigenvalue weighted by Crippen LogP contribution is -2.27. The normalized spacial score (nSPS) is 10.8. The maximum Gasteiger partial charge on any atom is 0.263 e. The Bertz CT molecular complexity index is 762. The van der Waals surface area contributed by atoms with Gasteiger partial charge in [0.05, 0.1) is 0 Å². The molecule has 0 fully saturated rings. The summed E-state index contributed by atoms with van der Waals surface area (Å²) in [7, 11) is 0. The quantitative estimate of drug-likeness (QED) is 0.556. The average Bonchev–Trinajstić information content (AvgIpc) is 2.59. The monoisotopic (exact) mass is 341 g/mol. The van der Waals surface area contributed by atoms with E-state index in [2.05, 4.69) is 10.6 Å². The average molecular weight is 342 g/mol. The number of amides is 1. The Hall–Kier alpha value is -2.97. The van der Waals surface area contributed by atoms with Gasteiger partial charge in [-0.2, -0.15) is 5.26 Å². The van der Waals surface area contributed by atoms with Crippen molar-refractivity contribution in [3.05, 3.63) is 70.9 Å². The maximum absolute atomic E-state index is 12.0. The first-order chi connectivity index (χ1) is 11.6. The molecule has 0 heterocycles. The highest BCUT2D eigenvalue weighted by molar-refractivity contribution is 6.30. The van der Waals surface area contributed by atoms with Gasteiger partial charge in [-0.15, -0.1) is 0 Å². The van der Waals surface area contributed by atoms with Crippen LogP contribution >= 0.6 is 11.6 Å². The van der Waals surface area contributed by atoms with Gasteiger partial charge >= 0.3 is 0 Å². The van der Waals surface area contributed by atoms with E-state index in [-0.39, 0.29) is 11.3 Å². The van der Waals surface area contributed by atoms with Gasteiger partial charge in [-0.05, 0) is 48.4 Å². The number of rotatable bonds is 6. The molecule has 3 N–H and O–H groups in total. The minimum Gasteiger partial charge on any atom is -0.508 e. The molecular weight excluding hydrogens is 326 g/mol. The van der Waals surface area contributed by atoms with Crippen LogP contribution in [-0.4, -0.2) is 17.6 Å². The number of benzene rings is 2. The van der Waals surface area contributed by atoms with Gasteiger partial charge in [0.25, 0.3) is 5.91 Å². The Morgan fingerprint density at radius 3 is 2.46 bits per heavy atom. The molecule has 24 heavy (non-hydrogen) atoms. The van der Waals surface area contributed by atoms with E-state index in [4.69, 9.17) is 16.9 Å². The van der Waals surface area contributed by atoms with Gasteiger partial charge in [-0.3, -0.25) is 4.79 Å². The molecule has 0 aliphatic rings. The summed E-state index contributed by atoms with van der Waals surface area (Å²) in [6.07, 6.45) is 1.97. The van der Waals surface area contributed by atoms with Crippen molar-refractivity contribution in [1.29, 1.82) is 5.26 Å². The fourth-order valence-electron chi connectivity index (χ4n) is 1.93. The summed E-state index contributed by atoms with van der Waals surface area (Å²) in [6.45, 7) is 0.392. The second-order valence-electron chi connectivity index (χ2n) is 4.99. The number of carbonyl (C=O) groups is 1. The van der Waals surface area contributed by atoms with E-state index >= 15 is 0 Å². The summed E-state index contributed by atoms with van der Waals surface area (Å²) < 4.78 is 0. The first kappa shape index (κ1) is 17.4. The first-order valence-corrected chi connectivity index (χ1v) is 7.65. The summed E-state index contributed by atoms with van der Waals surface area (Å²) >= 11 is 5.79. The van der Waals surface area contributed by atoms with Crippen molar-refractivity contribution in [2.24, 2.45) is 0 Å². The minimum atomic E-state index is -0.447. The number of nitrogens with one attached hydrogen (secondary N) is 2. The summed E-state index contributed by atoms with van der Waals surface area (Å²) in [6, 6.07) is 15.5. The number of hydrogen-bond donors (Lipinski definition) is 3. The maximum atomic E-state index is 12.0. The van der Waals surface area contributed by atoms with E-state index in [9.17, 15) is 9.90 Å². The number of aromatic hydroxyl groups is 1. The number of anilines is 1. The van der Waals surface area contributed by atoms with Crippen molar-refractivity contribution in [3.8, 4) is 11.8 Å². The van der Waals surface area contributed by atoms with Crippen LogP contribution in [0.4, 0.5) is 5.69 Å². The van der Waals surface area contributed by atoms with Crippen LogP contribution in [0.25, 0.3) is 0 Å². The molecule has 0 saturated carbocycles. The van der Waals surface area contributed by atoms with E-state index in [1.54, 1.807) is 48.5 Å². The third-order valence-electron chi connectivity index (χ3n) is 3.23. The van der Waals surface area contributed by atoms with Crippen LogP contribution in [0.5, 0.6) is 5.75 Å². The van der Waals surface area contributed by atoms with Crippen LogP contribution in [0.2, 0.25) is 5.02 Å². The molecule has 2 aromatic rings. The molecule has 0 atom stereocenters. The predicted octanol–water partition coefficient (Wildman–Crippen LogP) is 3.22. The zero-order valence-corrected chi connectivity index (χ0v) is 13.5. The summed E-state index contributed by atoms with van der Waals surface area (Å²) in [4.78, 5) is 12.0. The van der Waals surface area contributed by atoms with Crippen LogP contribution in [0.1, 0.15) is 5.56 Å². The second kappa shape index (κ2) is 8.61. The van der Waals surface area contributed by atoms with E-state index in [1.165, 1.54) is 6.20 Å². The molecule has 0 radical (unpaired) electrons. The van der Waals surface area contributed by atoms with Crippen molar-refractivity contribution < 1.29 is 9.90 Å². The Kier molecular flexibility index (Phi) is 6.23. The fraction of sp³-hybridized carbons (Fsp3) is 0.111. The molecule has 0 spiro atoms. The highest BCUT2D eigenvalue weighted by Crippen LogP contribution is 2.13. The number of hydrogen-bond acceptors (Lipinski definition) is 4. The zero-order valence-electron chi connectivity index (χ0n) is 12.8. The lowest BCUT2D eigenvalue weighted by atomic mass is 10.1. The van der Waals surface area contributed by atoms with Crippen LogP contribution in [0, 0.1) is 11.3 Å². The predicted molar refractivity (Wildman–Crippen MR) is 93.6 cm³/mol. The molecule has 122 valence electrons. The second-order valence-corrected chi connectivity index (χ2v) is 5.43. The summed E-state index contributed by atoms with van der Waals surface area (Å²) in [5.74, 6) is -0.247. The largest absolute Gasteiger partial charge is 0.508 e. The van der Waals surface area contributed by atoms with Gasteiger partial charge in [-0.1, -0.05) is 23.7 Å². The van der Waals surface area contributed by atoms with Crippen LogP contribution in [-0.2, 0) is 11.2 Å². The van der Waals surface area contributed by atoms with Crippen LogP contribution in [0.3, 0.4) is 0 Å². The van der Waals surface area contributed by atoms with Crippen molar-refractivity contribution >= 4 is 23.2 Å². The molecule has 1 amide bonds.